The second-order valence-electron chi connectivity index (χ2n) is 6.24. The van der Waals surface area contributed by atoms with Gasteiger partial charge in [-0.1, -0.05) is 26.0 Å². The molecule has 23 heavy (non-hydrogen) atoms. The van der Waals surface area contributed by atoms with E-state index in [1.54, 1.807) is 6.08 Å². The lowest BCUT2D eigenvalue weighted by molar-refractivity contribution is -0.148. The number of hydrogen-bond acceptors (Lipinski definition) is 4. The third-order valence-electron chi connectivity index (χ3n) is 2.73. The Kier molecular flexibility index (Phi) is 7.66. The summed E-state index contributed by atoms with van der Waals surface area (Å²) in [5.41, 5.74) is 0.299. The minimum atomic E-state index is -0.505. The van der Waals surface area contributed by atoms with Gasteiger partial charge in [0.1, 0.15) is 5.60 Å². The number of ether oxygens (including phenoxy) is 3. The first-order chi connectivity index (χ1) is 10.9. The van der Waals surface area contributed by atoms with Crippen LogP contribution in [0.2, 0.25) is 0 Å². The largest absolute Gasteiger partial charge is 0.490 e. The molecule has 0 aromatic heterocycles. The molecule has 0 aliphatic carbocycles. The fraction of sp³-hybridized carbons (Fsp3) is 0.526. The van der Waals surface area contributed by atoms with Gasteiger partial charge in [-0.05, 0) is 45.8 Å². The van der Waals surface area contributed by atoms with E-state index in [4.69, 9.17) is 14.2 Å². The van der Waals surface area contributed by atoms with Gasteiger partial charge in [-0.15, -0.1) is 0 Å². The highest BCUT2D eigenvalue weighted by atomic mass is 16.6. The van der Waals surface area contributed by atoms with Crippen LogP contribution in [0.15, 0.2) is 24.3 Å². The Morgan fingerprint density at radius 2 is 1.74 bits per heavy atom. The van der Waals surface area contributed by atoms with E-state index in [-0.39, 0.29) is 5.97 Å². The minimum absolute atomic E-state index is 0.376. The van der Waals surface area contributed by atoms with Crippen molar-refractivity contribution in [2.75, 3.05) is 13.2 Å². The Hall–Kier alpha value is -1.97. The third kappa shape index (κ3) is 7.22. The van der Waals surface area contributed by atoms with Gasteiger partial charge in [-0.2, -0.15) is 0 Å². The Labute approximate surface area is 139 Å². The first kappa shape index (κ1) is 19.1. The van der Waals surface area contributed by atoms with Crippen molar-refractivity contribution < 1.29 is 19.0 Å². The highest BCUT2D eigenvalue weighted by Gasteiger charge is 2.15. The second-order valence-corrected chi connectivity index (χ2v) is 6.24. The van der Waals surface area contributed by atoms with Gasteiger partial charge in [0, 0.05) is 11.6 Å². The molecule has 0 unspecified atom stereocenters. The van der Waals surface area contributed by atoms with E-state index in [0.717, 1.165) is 18.4 Å². The average Bonchev–Trinajstić information content (AvgIpc) is 2.47. The van der Waals surface area contributed by atoms with Crippen LogP contribution in [0.5, 0.6) is 11.5 Å². The highest BCUT2D eigenvalue weighted by molar-refractivity contribution is 5.88. The maximum atomic E-state index is 11.8. The minimum Gasteiger partial charge on any atom is -0.490 e. The van der Waals surface area contributed by atoms with Gasteiger partial charge in [-0.25, -0.2) is 4.79 Å². The molecule has 1 aromatic carbocycles. The summed E-state index contributed by atoms with van der Waals surface area (Å²) < 4.78 is 16.8. The summed E-state index contributed by atoms with van der Waals surface area (Å²) >= 11 is 0. The van der Waals surface area contributed by atoms with Gasteiger partial charge in [0.15, 0.2) is 11.5 Å². The number of carbonyl (C=O) groups excluding carboxylic acids is 1. The fourth-order valence-electron chi connectivity index (χ4n) is 1.84. The van der Waals surface area contributed by atoms with Crippen molar-refractivity contribution >= 4 is 12.0 Å². The van der Waals surface area contributed by atoms with Crippen LogP contribution in [0, 0.1) is 0 Å². The normalized spacial score (nSPS) is 11.5. The number of carbonyl (C=O) groups is 1. The molecule has 1 rings (SSSR count). The lowest BCUT2D eigenvalue weighted by Crippen LogP contribution is -2.22. The molecule has 0 atom stereocenters. The van der Waals surface area contributed by atoms with E-state index in [2.05, 4.69) is 6.92 Å². The van der Waals surface area contributed by atoms with Crippen LogP contribution in [0.3, 0.4) is 0 Å². The summed E-state index contributed by atoms with van der Waals surface area (Å²) in [4.78, 5) is 11.8. The summed E-state index contributed by atoms with van der Waals surface area (Å²) in [6.45, 7) is 10.8. The summed E-state index contributed by atoms with van der Waals surface area (Å²) in [5, 5.41) is 0. The van der Waals surface area contributed by atoms with Gasteiger partial charge in [0.05, 0.1) is 13.2 Å². The molecule has 0 N–H and O–H groups in total. The third-order valence-corrected chi connectivity index (χ3v) is 2.73. The van der Waals surface area contributed by atoms with E-state index in [9.17, 15) is 4.79 Å². The van der Waals surface area contributed by atoms with Crippen molar-refractivity contribution in [3.63, 3.8) is 0 Å². The molecule has 0 spiro atoms. The van der Waals surface area contributed by atoms with E-state index in [0.29, 0.717) is 24.7 Å². The molecule has 0 saturated carbocycles. The summed E-state index contributed by atoms with van der Waals surface area (Å²) in [6, 6.07) is 5.66. The molecule has 0 saturated heterocycles. The van der Waals surface area contributed by atoms with Crippen molar-refractivity contribution in [3.05, 3.63) is 29.8 Å². The number of hydrogen-bond donors (Lipinski definition) is 0. The molecule has 0 radical (unpaired) electrons. The van der Waals surface area contributed by atoms with Crippen molar-refractivity contribution in [3.8, 4) is 11.5 Å². The number of para-hydroxylation sites is 1. The molecule has 4 heteroatoms. The van der Waals surface area contributed by atoms with E-state index in [1.807, 2.05) is 45.9 Å². The molecule has 0 bridgehead atoms. The van der Waals surface area contributed by atoms with Gasteiger partial charge < -0.3 is 14.2 Å². The van der Waals surface area contributed by atoms with Crippen LogP contribution in [-0.2, 0) is 9.53 Å². The topological polar surface area (TPSA) is 44.8 Å². The molecule has 0 aliphatic heterocycles. The molecule has 1 aromatic rings. The van der Waals surface area contributed by atoms with Crippen LogP contribution in [-0.4, -0.2) is 24.8 Å². The molecule has 0 aliphatic rings. The second kappa shape index (κ2) is 9.23. The Morgan fingerprint density at radius 3 is 2.35 bits per heavy atom. The van der Waals surface area contributed by atoms with E-state index >= 15 is 0 Å². The molecular formula is C19H28O4. The molecule has 4 nitrogen and oxygen atoms in total. The molecule has 0 fully saturated rings. The van der Waals surface area contributed by atoms with Crippen molar-refractivity contribution in [2.45, 2.75) is 53.1 Å². The standard InChI is InChI=1S/C19H28O4/c1-6-13-21-16-10-8-9-15(18(16)22-14-7-2)11-12-17(20)23-19(3,4)5/h8-12H,6-7,13-14H2,1-5H3. The van der Waals surface area contributed by atoms with Gasteiger partial charge in [0.2, 0.25) is 0 Å². The van der Waals surface area contributed by atoms with Crippen molar-refractivity contribution in [1.82, 2.24) is 0 Å². The lowest BCUT2D eigenvalue weighted by atomic mass is 10.1. The highest BCUT2D eigenvalue weighted by Crippen LogP contribution is 2.32. The summed E-state index contributed by atoms with van der Waals surface area (Å²) in [5.74, 6) is 0.994. The van der Waals surface area contributed by atoms with Crippen LogP contribution in [0.1, 0.15) is 53.0 Å². The summed E-state index contributed by atoms with van der Waals surface area (Å²) in [7, 11) is 0. The van der Waals surface area contributed by atoms with Gasteiger partial charge in [0.25, 0.3) is 0 Å². The smallest absolute Gasteiger partial charge is 0.331 e. The average molecular weight is 320 g/mol. The monoisotopic (exact) mass is 320 g/mol. The van der Waals surface area contributed by atoms with Crippen LogP contribution >= 0.6 is 0 Å². The lowest BCUT2D eigenvalue weighted by Gasteiger charge is -2.18. The molecule has 0 amide bonds. The Balaban J connectivity index is 2.97. The first-order valence-electron chi connectivity index (χ1n) is 8.17. The zero-order valence-electron chi connectivity index (χ0n) is 14.8. The fourth-order valence-corrected chi connectivity index (χ4v) is 1.84. The molecular weight excluding hydrogens is 292 g/mol. The van der Waals surface area contributed by atoms with Crippen LogP contribution in [0.25, 0.3) is 6.08 Å². The van der Waals surface area contributed by atoms with E-state index < -0.39 is 5.60 Å². The predicted molar refractivity (Wildman–Crippen MR) is 92.9 cm³/mol. The first-order valence-corrected chi connectivity index (χ1v) is 8.17. The van der Waals surface area contributed by atoms with Crippen LogP contribution < -0.4 is 9.47 Å². The van der Waals surface area contributed by atoms with E-state index in [1.165, 1.54) is 6.08 Å². The number of rotatable bonds is 8. The molecule has 128 valence electrons. The number of esters is 1. The molecule has 0 heterocycles. The zero-order valence-corrected chi connectivity index (χ0v) is 14.8. The quantitative estimate of drug-likeness (QED) is 0.518. The Bertz CT molecular complexity index is 527. The predicted octanol–water partition coefficient (Wildman–Crippen LogP) is 4.62. The van der Waals surface area contributed by atoms with Crippen molar-refractivity contribution in [2.24, 2.45) is 0 Å². The zero-order chi connectivity index (χ0) is 17.3. The maximum absolute atomic E-state index is 11.8. The summed E-state index contributed by atoms with van der Waals surface area (Å²) in [6.07, 6.45) is 4.95. The van der Waals surface area contributed by atoms with Crippen LogP contribution in [0.4, 0.5) is 0 Å². The van der Waals surface area contributed by atoms with Gasteiger partial charge >= 0.3 is 5.97 Å². The van der Waals surface area contributed by atoms with Crippen molar-refractivity contribution in [1.29, 1.82) is 0 Å². The number of benzene rings is 1. The SMILES string of the molecule is CCCOc1cccc(C=CC(=O)OC(C)(C)C)c1OCCC. The Morgan fingerprint density at radius 1 is 1.09 bits per heavy atom. The van der Waals surface area contributed by atoms with Gasteiger partial charge in [-0.3, -0.25) is 0 Å². The maximum Gasteiger partial charge on any atom is 0.331 e.